The first-order valence-electron chi connectivity index (χ1n) is 4.93. The minimum absolute atomic E-state index is 0.0145. The van der Waals surface area contributed by atoms with Crippen LogP contribution in [0.2, 0.25) is 0 Å². The van der Waals surface area contributed by atoms with Gasteiger partial charge in [0.25, 0.3) is 0 Å². The highest BCUT2D eigenvalue weighted by atomic mass is 16.2. The predicted octanol–water partition coefficient (Wildman–Crippen LogP) is 0.332. The Balaban J connectivity index is 2.60. The molecule has 4 heteroatoms. The van der Waals surface area contributed by atoms with E-state index >= 15 is 0 Å². The van der Waals surface area contributed by atoms with Crippen LogP contribution in [0.4, 0.5) is 0 Å². The summed E-state index contributed by atoms with van der Waals surface area (Å²) in [5, 5.41) is 0. The highest BCUT2D eigenvalue weighted by Gasteiger charge is 2.34. The first-order valence-corrected chi connectivity index (χ1v) is 4.93. The summed E-state index contributed by atoms with van der Waals surface area (Å²) in [4.78, 5) is 26.1. The van der Waals surface area contributed by atoms with Crippen molar-refractivity contribution in [1.82, 2.24) is 9.80 Å². The number of amides is 2. The van der Waals surface area contributed by atoms with E-state index in [1.54, 1.807) is 19.0 Å². The summed E-state index contributed by atoms with van der Waals surface area (Å²) in [5.41, 5.74) is 0. The summed E-state index contributed by atoms with van der Waals surface area (Å²) in [6, 6.07) is 0.186. The third-order valence-electron chi connectivity index (χ3n) is 2.94. The maximum atomic E-state index is 11.5. The van der Waals surface area contributed by atoms with Gasteiger partial charge in [0.2, 0.25) is 11.8 Å². The molecule has 14 heavy (non-hydrogen) atoms. The van der Waals surface area contributed by atoms with Gasteiger partial charge in [0.15, 0.2) is 0 Å². The van der Waals surface area contributed by atoms with Crippen molar-refractivity contribution in [2.75, 3.05) is 20.6 Å². The summed E-state index contributed by atoms with van der Waals surface area (Å²) in [6.45, 7) is 4.26. The Morgan fingerprint density at radius 1 is 1.50 bits per heavy atom. The molecule has 1 fully saturated rings. The van der Waals surface area contributed by atoms with Crippen molar-refractivity contribution < 1.29 is 9.59 Å². The number of carbonyl (C=O) groups excluding carboxylic acids is 2. The van der Waals surface area contributed by atoms with E-state index < -0.39 is 0 Å². The van der Waals surface area contributed by atoms with Gasteiger partial charge in [0.05, 0.1) is 6.54 Å². The van der Waals surface area contributed by atoms with E-state index in [4.69, 9.17) is 0 Å². The lowest BCUT2D eigenvalue weighted by molar-refractivity contribution is -0.137. The molecule has 0 aromatic rings. The highest BCUT2D eigenvalue weighted by molar-refractivity contribution is 5.86. The summed E-state index contributed by atoms with van der Waals surface area (Å²) in [7, 11) is 3.41. The van der Waals surface area contributed by atoms with Gasteiger partial charge in [-0.05, 0) is 12.8 Å². The summed E-state index contributed by atoms with van der Waals surface area (Å²) >= 11 is 0. The number of rotatable bonds is 2. The molecule has 0 spiro atoms. The van der Waals surface area contributed by atoms with Crippen molar-refractivity contribution >= 4 is 11.8 Å². The van der Waals surface area contributed by atoms with Crippen molar-refractivity contribution in [3.05, 3.63) is 0 Å². The Morgan fingerprint density at radius 2 is 2.07 bits per heavy atom. The molecule has 1 saturated heterocycles. The van der Waals surface area contributed by atoms with Gasteiger partial charge in [0, 0.05) is 26.6 Å². The van der Waals surface area contributed by atoms with E-state index in [0.29, 0.717) is 12.3 Å². The first kappa shape index (κ1) is 11.0. The van der Waals surface area contributed by atoms with Crippen LogP contribution in [0.1, 0.15) is 20.3 Å². The predicted molar refractivity (Wildman–Crippen MR) is 53.7 cm³/mol. The third-order valence-corrected chi connectivity index (χ3v) is 2.94. The van der Waals surface area contributed by atoms with E-state index in [-0.39, 0.29) is 24.4 Å². The van der Waals surface area contributed by atoms with Crippen molar-refractivity contribution in [3.8, 4) is 0 Å². The Kier molecular flexibility index (Phi) is 3.13. The molecule has 0 aromatic heterocycles. The molecule has 0 unspecified atom stereocenters. The minimum Gasteiger partial charge on any atom is -0.347 e. The summed E-state index contributed by atoms with van der Waals surface area (Å²) in [6.07, 6.45) is 0.571. The maximum Gasteiger partial charge on any atom is 0.241 e. The van der Waals surface area contributed by atoms with Crippen molar-refractivity contribution in [2.45, 2.75) is 26.3 Å². The Bertz CT molecular complexity index is 251. The number of carbonyl (C=O) groups is 2. The van der Waals surface area contributed by atoms with E-state index in [9.17, 15) is 9.59 Å². The molecule has 1 rings (SSSR count). The third kappa shape index (κ3) is 2.05. The van der Waals surface area contributed by atoms with Gasteiger partial charge in [-0.1, -0.05) is 6.92 Å². The highest BCUT2D eigenvalue weighted by Crippen LogP contribution is 2.24. The van der Waals surface area contributed by atoms with Crippen molar-refractivity contribution in [1.29, 1.82) is 0 Å². The monoisotopic (exact) mass is 198 g/mol. The summed E-state index contributed by atoms with van der Waals surface area (Å²) in [5.74, 6) is 0.442. The second-order valence-electron chi connectivity index (χ2n) is 4.23. The zero-order valence-electron chi connectivity index (χ0n) is 9.28. The second kappa shape index (κ2) is 3.98. The molecule has 0 bridgehead atoms. The molecule has 0 N–H and O–H groups in total. The molecule has 0 saturated carbocycles. The Hall–Kier alpha value is -1.06. The van der Waals surface area contributed by atoms with Gasteiger partial charge in [-0.15, -0.1) is 0 Å². The zero-order chi connectivity index (χ0) is 10.9. The van der Waals surface area contributed by atoms with E-state index in [2.05, 4.69) is 0 Å². The van der Waals surface area contributed by atoms with Gasteiger partial charge in [-0.2, -0.15) is 0 Å². The maximum absolute atomic E-state index is 11.5. The number of hydrogen-bond acceptors (Lipinski definition) is 2. The first-order chi connectivity index (χ1) is 6.43. The fraction of sp³-hybridized carbons (Fsp3) is 0.800. The normalized spacial score (nSPS) is 26.9. The fourth-order valence-corrected chi connectivity index (χ4v) is 1.62. The SMILES string of the molecule is C[C@H]1CC(=O)N(CC(=O)N(C)C)[C@H]1C. The van der Waals surface area contributed by atoms with Crippen LogP contribution >= 0.6 is 0 Å². The molecule has 0 aromatic carbocycles. The smallest absolute Gasteiger partial charge is 0.241 e. The lowest BCUT2D eigenvalue weighted by Gasteiger charge is -2.24. The van der Waals surface area contributed by atoms with Gasteiger partial charge in [0.1, 0.15) is 0 Å². The zero-order valence-corrected chi connectivity index (χ0v) is 9.28. The lowest BCUT2D eigenvalue weighted by atomic mass is 10.1. The van der Waals surface area contributed by atoms with Crippen molar-refractivity contribution in [3.63, 3.8) is 0 Å². The van der Waals surface area contributed by atoms with Gasteiger partial charge in [-0.25, -0.2) is 0 Å². The lowest BCUT2D eigenvalue weighted by Crippen LogP contribution is -2.41. The molecular formula is C10H18N2O2. The molecule has 0 aliphatic carbocycles. The average molecular weight is 198 g/mol. The molecule has 0 radical (unpaired) electrons. The number of nitrogens with zero attached hydrogens (tertiary/aromatic N) is 2. The Labute approximate surface area is 84.9 Å². The summed E-state index contributed by atoms with van der Waals surface area (Å²) < 4.78 is 0. The molecule has 2 amide bonds. The van der Waals surface area contributed by atoms with Crippen LogP contribution in [0.25, 0.3) is 0 Å². The van der Waals surface area contributed by atoms with E-state index in [1.807, 2.05) is 13.8 Å². The number of likely N-dealkylation sites (N-methyl/N-ethyl adjacent to an activating group) is 1. The minimum atomic E-state index is -0.0145. The number of hydrogen-bond donors (Lipinski definition) is 0. The van der Waals surface area contributed by atoms with Gasteiger partial charge in [-0.3, -0.25) is 9.59 Å². The van der Waals surface area contributed by atoms with E-state index in [0.717, 1.165) is 0 Å². The second-order valence-corrected chi connectivity index (χ2v) is 4.23. The molecule has 2 atom stereocenters. The van der Waals surface area contributed by atoms with Crippen LogP contribution in [0, 0.1) is 5.92 Å². The largest absolute Gasteiger partial charge is 0.347 e. The number of likely N-dealkylation sites (tertiary alicyclic amines) is 1. The van der Waals surface area contributed by atoms with E-state index in [1.165, 1.54) is 4.90 Å². The quantitative estimate of drug-likeness (QED) is 0.641. The van der Waals surface area contributed by atoms with Gasteiger partial charge >= 0.3 is 0 Å². The van der Waals surface area contributed by atoms with Crippen LogP contribution in [0.3, 0.4) is 0 Å². The molecule has 1 aliphatic heterocycles. The fourth-order valence-electron chi connectivity index (χ4n) is 1.62. The van der Waals surface area contributed by atoms with Gasteiger partial charge < -0.3 is 9.80 Å². The van der Waals surface area contributed by atoms with Crippen LogP contribution in [0.15, 0.2) is 0 Å². The molecule has 1 heterocycles. The Morgan fingerprint density at radius 3 is 2.43 bits per heavy atom. The standard InChI is InChI=1S/C10H18N2O2/c1-7-5-9(13)12(8(7)2)6-10(14)11(3)4/h7-8H,5-6H2,1-4H3/t7-,8-/m0/s1. The van der Waals surface area contributed by atoms with Crippen LogP contribution in [-0.4, -0.2) is 48.3 Å². The molecule has 4 nitrogen and oxygen atoms in total. The molecular weight excluding hydrogens is 180 g/mol. The topological polar surface area (TPSA) is 40.6 Å². The van der Waals surface area contributed by atoms with Crippen LogP contribution < -0.4 is 0 Å². The molecule has 80 valence electrons. The van der Waals surface area contributed by atoms with Crippen molar-refractivity contribution in [2.24, 2.45) is 5.92 Å². The van der Waals surface area contributed by atoms with Crippen LogP contribution in [0.5, 0.6) is 0 Å². The molecule has 1 aliphatic rings. The average Bonchev–Trinajstić information content (AvgIpc) is 2.32. The van der Waals surface area contributed by atoms with Crippen LogP contribution in [-0.2, 0) is 9.59 Å².